The Morgan fingerprint density at radius 3 is 2.59 bits per heavy atom. The van der Waals surface area contributed by atoms with E-state index in [-0.39, 0.29) is 0 Å². The van der Waals surface area contributed by atoms with Gasteiger partial charge in [-0.05, 0) is 93.0 Å². The zero-order valence-corrected chi connectivity index (χ0v) is 16.2. The Bertz CT molecular complexity index is 1000. The molecule has 0 spiro atoms. The van der Waals surface area contributed by atoms with E-state index in [9.17, 15) is 5.26 Å². The van der Waals surface area contributed by atoms with E-state index in [4.69, 9.17) is 4.74 Å². The van der Waals surface area contributed by atoms with Gasteiger partial charge in [0.2, 0.25) is 0 Å². The molecule has 0 N–H and O–H groups in total. The SMILES string of the molecule is Cc1cc(C)cc(OCCCn2c3c(c4cc(C#N)ccc42)CCCC3)c1. The first-order chi connectivity index (χ1) is 13.2. The Balaban J connectivity index is 1.52. The summed E-state index contributed by atoms with van der Waals surface area (Å²) in [7, 11) is 0. The van der Waals surface area contributed by atoms with Gasteiger partial charge in [-0.25, -0.2) is 0 Å². The minimum Gasteiger partial charge on any atom is -0.494 e. The Kier molecular flexibility index (Phi) is 4.90. The lowest BCUT2D eigenvalue weighted by Gasteiger charge is -2.16. The van der Waals surface area contributed by atoms with Crippen molar-refractivity contribution < 1.29 is 4.74 Å². The van der Waals surface area contributed by atoms with Gasteiger partial charge in [0.05, 0.1) is 18.2 Å². The first-order valence-corrected chi connectivity index (χ1v) is 9.91. The molecule has 0 radical (unpaired) electrons. The lowest BCUT2D eigenvalue weighted by atomic mass is 9.95. The Morgan fingerprint density at radius 2 is 1.81 bits per heavy atom. The second kappa shape index (κ2) is 7.48. The molecule has 4 rings (SSSR count). The molecule has 0 fully saturated rings. The van der Waals surface area contributed by atoms with Gasteiger partial charge in [0.15, 0.2) is 0 Å². The monoisotopic (exact) mass is 358 g/mol. The quantitative estimate of drug-likeness (QED) is 0.567. The molecular formula is C24H26N2O. The predicted octanol–water partition coefficient (Wildman–Crippen LogP) is 5.48. The average Bonchev–Trinajstić information content (AvgIpc) is 2.98. The maximum absolute atomic E-state index is 9.26. The van der Waals surface area contributed by atoms with Crippen molar-refractivity contribution in [3.63, 3.8) is 0 Å². The summed E-state index contributed by atoms with van der Waals surface area (Å²) < 4.78 is 8.47. The number of rotatable bonds is 5. The van der Waals surface area contributed by atoms with Crippen molar-refractivity contribution in [3.05, 3.63) is 64.3 Å². The number of hydrogen-bond acceptors (Lipinski definition) is 2. The van der Waals surface area contributed by atoms with Crippen LogP contribution >= 0.6 is 0 Å². The number of aryl methyl sites for hydroxylation is 4. The molecular weight excluding hydrogens is 332 g/mol. The zero-order chi connectivity index (χ0) is 18.8. The molecule has 0 bridgehead atoms. The first kappa shape index (κ1) is 17.7. The first-order valence-electron chi connectivity index (χ1n) is 9.91. The fourth-order valence-corrected chi connectivity index (χ4v) is 4.39. The van der Waals surface area contributed by atoms with Gasteiger partial charge in [0.25, 0.3) is 0 Å². The van der Waals surface area contributed by atoms with Crippen molar-refractivity contribution in [1.29, 1.82) is 5.26 Å². The van der Waals surface area contributed by atoms with Gasteiger partial charge in [-0.3, -0.25) is 0 Å². The topological polar surface area (TPSA) is 38.0 Å². The van der Waals surface area contributed by atoms with Crippen LogP contribution in [0.25, 0.3) is 10.9 Å². The third-order valence-corrected chi connectivity index (χ3v) is 5.50. The van der Waals surface area contributed by atoms with E-state index < -0.39 is 0 Å². The van der Waals surface area contributed by atoms with Gasteiger partial charge < -0.3 is 9.30 Å². The van der Waals surface area contributed by atoms with Crippen molar-refractivity contribution in [3.8, 4) is 11.8 Å². The van der Waals surface area contributed by atoms with Gasteiger partial charge in [-0.2, -0.15) is 5.26 Å². The predicted molar refractivity (Wildman–Crippen MR) is 109 cm³/mol. The molecule has 3 nitrogen and oxygen atoms in total. The third kappa shape index (κ3) is 3.57. The van der Waals surface area contributed by atoms with Crippen LogP contribution in [0.3, 0.4) is 0 Å². The Morgan fingerprint density at radius 1 is 1.04 bits per heavy atom. The maximum atomic E-state index is 9.26. The Hall–Kier alpha value is -2.73. The number of aromatic nitrogens is 1. The molecule has 0 saturated carbocycles. The van der Waals surface area contributed by atoms with Crippen LogP contribution in [0.4, 0.5) is 0 Å². The average molecular weight is 358 g/mol. The highest BCUT2D eigenvalue weighted by atomic mass is 16.5. The molecule has 1 aliphatic rings. The molecule has 3 aromatic rings. The molecule has 138 valence electrons. The number of nitriles is 1. The summed E-state index contributed by atoms with van der Waals surface area (Å²) in [5.74, 6) is 0.963. The van der Waals surface area contributed by atoms with E-state index in [2.05, 4.69) is 54.8 Å². The Labute approximate surface area is 161 Å². The van der Waals surface area contributed by atoms with Crippen LogP contribution in [-0.4, -0.2) is 11.2 Å². The maximum Gasteiger partial charge on any atom is 0.119 e. The highest BCUT2D eigenvalue weighted by Crippen LogP contribution is 2.33. The van der Waals surface area contributed by atoms with Gasteiger partial charge in [-0.1, -0.05) is 6.07 Å². The third-order valence-electron chi connectivity index (χ3n) is 5.50. The molecule has 1 aliphatic carbocycles. The molecule has 0 atom stereocenters. The van der Waals surface area contributed by atoms with Gasteiger partial charge >= 0.3 is 0 Å². The summed E-state index contributed by atoms with van der Waals surface area (Å²) >= 11 is 0. The van der Waals surface area contributed by atoms with Gasteiger partial charge in [0.1, 0.15) is 5.75 Å². The number of hydrogen-bond donors (Lipinski definition) is 0. The second-order valence-corrected chi connectivity index (χ2v) is 7.65. The summed E-state index contributed by atoms with van der Waals surface area (Å²) in [6.07, 6.45) is 5.76. The van der Waals surface area contributed by atoms with Crippen LogP contribution in [0.15, 0.2) is 36.4 Å². The molecule has 1 heterocycles. The van der Waals surface area contributed by atoms with Crippen LogP contribution in [-0.2, 0) is 19.4 Å². The summed E-state index contributed by atoms with van der Waals surface area (Å²) in [4.78, 5) is 0. The molecule has 27 heavy (non-hydrogen) atoms. The van der Waals surface area contributed by atoms with Crippen LogP contribution in [0, 0.1) is 25.2 Å². The molecule has 0 saturated heterocycles. The summed E-state index contributed by atoms with van der Waals surface area (Å²) in [6, 6.07) is 14.8. The number of fused-ring (bicyclic) bond motifs is 3. The van der Waals surface area contributed by atoms with E-state index >= 15 is 0 Å². The van der Waals surface area contributed by atoms with Crippen LogP contribution in [0.2, 0.25) is 0 Å². The van der Waals surface area contributed by atoms with Crippen LogP contribution < -0.4 is 4.74 Å². The lowest BCUT2D eigenvalue weighted by molar-refractivity contribution is 0.301. The fourth-order valence-electron chi connectivity index (χ4n) is 4.39. The summed E-state index contributed by atoms with van der Waals surface area (Å²) in [6.45, 7) is 5.89. The van der Waals surface area contributed by atoms with E-state index in [1.807, 2.05) is 6.07 Å². The number of nitrogens with zero attached hydrogens (tertiary/aromatic N) is 2. The minimum absolute atomic E-state index is 0.716. The minimum atomic E-state index is 0.716. The van der Waals surface area contributed by atoms with Crippen molar-refractivity contribution in [2.75, 3.05) is 6.61 Å². The highest BCUT2D eigenvalue weighted by molar-refractivity contribution is 5.87. The molecule has 0 unspecified atom stereocenters. The molecule has 3 heteroatoms. The van der Waals surface area contributed by atoms with Gasteiger partial charge in [0, 0.05) is 23.1 Å². The lowest BCUT2D eigenvalue weighted by Crippen LogP contribution is -2.10. The molecule has 0 amide bonds. The molecule has 1 aromatic heterocycles. The van der Waals surface area contributed by atoms with Crippen LogP contribution in [0.1, 0.15) is 47.2 Å². The normalized spacial score (nSPS) is 13.4. The number of benzene rings is 2. The van der Waals surface area contributed by atoms with E-state index in [1.165, 1.54) is 46.1 Å². The summed E-state index contributed by atoms with van der Waals surface area (Å²) in [5.41, 5.74) is 7.44. The van der Waals surface area contributed by atoms with Crippen LogP contribution in [0.5, 0.6) is 5.75 Å². The van der Waals surface area contributed by atoms with E-state index in [1.54, 1.807) is 0 Å². The van der Waals surface area contributed by atoms with Crippen molar-refractivity contribution in [1.82, 2.24) is 4.57 Å². The highest BCUT2D eigenvalue weighted by Gasteiger charge is 2.20. The largest absolute Gasteiger partial charge is 0.494 e. The second-order valence-electron chi connectivity index (χ2n) is 7.65. The van der Waals surface area contributed by atoms with Crippen molar-refractivity contribution in [2.24, 2.45) is 0 Å². The molecule has 2 aromatic carbocycles. The standard InChI is InChI=1S/C24H26N2O/c1-17-12-18(2)14-20(13-17)27-11-5-10-26-23-7-4-3-6-21(23)22-15-19(16-25)8-9-24(22)26/h8-9,12-15H,3-7,10-11H2,1-2H3. The molecule has 0 aliphatic heterocycles. The van der Waals surface area contributed by atoms with Gasteiger partial charge in [-0.15, -0.1) is 0 Å². The van der Waals surface area contributed by atoms with Crippen molar-refractivity contribution >= 4 is 10.9 Å². The van der Waals surface area contributed by atoms with Crippen molar-refractivity contribution in [2.45, 2.75) is 52.5 Å². The summed E-state index contributed by atoms with van der Waals surface area (Å²) in [5, 5.41) is 10.5. The zero-order valence-electron chi connectivity index (χ0n) is 16.2. The van der Waals surface area contributed by atoms with E-state index in [0.717, 1.165) is 37.1 Å². The smallest absolute Gasteiger partial charge is 0.119 e. The fraction of sp³-hybridized carbons (Fsp3) is 0.375. The number of ether oxygens (including phenoxy) is 1. The van der Waals surface area contributed by atoms with E-state index in [0.29, 0.717) is 6.61 Å².